The Labute approximate surface area is 217 Å². The Morgan fingerprint density at radius 3 is 2.39 bits per heavy atom. The van der Waals surface area contributed by atoms with Crippen molar-refractivity contribution in [3.8, 4) is 17.6 Å². The van der Waals surface area contributed by atoms with Crippen molar-refractivity contribution in [3.63, 3.8) is 0 Å². The highest BCUT2D eigenvalue weighted by Gasteiger charge is 2.32. The number of aromatic nitrogens is 3. The number of halogens is 3. The number of nitrogens with two attached hydrogens (primary N) is 1. The molecule has 3 N–H and O–H groups in total. The van der Waals surface area contributed by atoms with E-state index >= 15 is 0 Å². The molecule has 1 aliphatic heterocycles. The van der Waals surface area contributed by atoms with Gasteiger partial charge in [0.15, 0.2) is 0 Å². The predicted octanol–water partition coefficient (Wildman–Crippen LogP) is 3.14. The van der Waals surface area contributed by atoms with Gasteiger partial charge >= 0.3 is 6.36 Å². The zero-order chi connectivity index (χ0) is 27.1. The first-order valence-electron chi connectivity index (χ1n) is 11.9. The molecule has 0 saturated carbocycles. The highest BCUT2D eigenvalue weighted by atomic mass is 19.4. The third-order valence-electron chi connectivity index (χ3n) is 5.88. The van der Waals surface area contributed by atoms with Gasteiger partial charge in [0, 0.05) is 80.4 Å². The largest absolute Gasteiger partial charge is 0.573 e. The molecule has 1 saturated heterocycles. The van der Waals surface area contributed by atoms with Gasteiger partial charge in [0.25, 0.3) is 5.91 Å². The van der Waals surface area contributed by atoms with Gasteiger partial charge in [0.05, 0.1) is 11.1 Å². The summed E-state index contributed by atoms with van der Waals surface area (Å²) in [5, 5.41) is 2.61. The molecule has 4 rings (SSSR count). The lowest BCUT2D eigenvalue weighted by molar-refractivity contribution is -0.275. The van der Waals surface area contributed by atoms with Crippen LogP contribution in [0.3, 0.4) is 0 Å². The van der Waals surface area contributed by atoms with Gasteiger partial charge in [0.2, 0.25) is 5.95 Å². The van der Waals surface area contributed by atoms with Crippen molar-refractivity contribution in [3.05, 3.63) is 71.3 Å². The lowest BCUT2D eigenvalue weighted by atomic mass is 10.1. The standard InChI is InChI=1S/C26H26F3N7O2/c1-2-35-7-9-36(10-8-35)17-20-5-6-22(12-23(20)38-26(27,28)29)34-24(37)21-11-18(13-31-16-21)3-4-19-14-32-25(30)33-15-19/h5-6,11-16H,2,7-10,17H2,1H3,(H,34,37)(H2,30,32,33). The molecule has 9 nitrogen and oxygen atoms in total. The van der Waals surface area contributed by atoms with Gasteiger partial charge in [-0.3, -0.25) is 14.7 Å². The fraction of sp³-hybridized carbons (Fsp3) is 0.308. The van der Waals surface area contributed by atoms with Crippen molar-refractivity contribution in [1.82, 2.24) is 24.8 Å². The number of piperazine rings is 1. The number of rotatable bonds is 6. The van der Waals surface area contributed by atoms with Crippen molar-refractivity contribution >= 4 is 17.5 Å². The third-order valence-corrected chi connectivity index (χ3v) is 5.88. The number of amides is 1. The molecule has 1 aliphatic rings. The van der Waals surface area contributed by atoms with Crippen LogP contribution >= 0.6 is 0 Å². The second-order valence-electron chi connectivity index (χ2n) is 8.58. The quantitative estimate of drug-likeness (QED) is 0.473. The van der Waals surface area contributed by atoms with E-state index < -0.39 is 12.3 Å². The zero-order valence-electron chi connectivity index (χ0n) is 20.6. The molecular formula is C26H26F3N7O2. The maximum atomic E-state index is 13.2. The monoisotopic (exact) mass is 525 g/mol. The molecule has 0 spiro atoms. The summed E-state index contributed by atoms with van der Waals surface area (Å²) in [6.07, 6.45) is 0.880. The summed E-state index contributed by atoms with van der Waals surface area (Å²) in [6.45, 7) is 6.52. The Morgan fingerprint density at radius 2 is 1.71 bits per heavy atom. The van der Waals surface area contributed by atoms with E-state index in [1.807, 2.05) is 0 Å². The van der Waals surface area contributed by atoms with E-state index in [-0.39, 0.29) is 22.9 Å². The summed E-state index contributed by atoms with van der Waals surface area (Å²) >= 11 is 0. The molecule has 0 unspecified atom stereocenters. The number of benzene rings is 1. The molecule has 0 radical (unpaired) electrons. The van der Waals surface area contributed by atoms with Gasteiger partial charge in [-0.05, 0) is 18.7 Å². The predicted molar refractivity (Wildman–Crippen MR) is 135 cm³/mol. The lowest BCUT2D eigenvalue weighted by Gasteiger charge is -2.34. The first kappa shape index (κ1) is 26.8. The summed E-state index contributed by atoms with van der Waals surface area (Å²) in [6, 6.07) is 5.79. The van der Waals surface area contributed by atoms with Crippen LogP contribution < -0.4 is 15.8 Å². The SMILES string of the molecule is CCN1CCN(Cc2ccc(NC(=O)c3cncc(C#Cc4cnc(N)nc4)c3)cc2OC(F)(F)F)CC1. The van der Waals surface area contributed by atoms with E-state index in [2.05, 4.69) is 53.6 Å². The topological polar surface area (TPSA) is 110 Å². The van der Waals surface area contributed by atoms with Gasteiger partial charge in [-0.25, -0.2) is 9.97 Å². The fourth-order valence-corrected chi connectivity index (χ4v) is 3.87. The van der Waals surface area contributed by atoms with E-state index in [1.54, 1.807) is 6.07 Å². The number of ether oxygens (including phenoxy) is 1. The minimum absolute atomic E-state index is 0.127. The Morgan fingerprint density at radius 1 is 1.03 bits per heavy atom. The van der Waals surface area contributed by atoms with Crippen LogP contribution in [-0.2, 0) is 6.54 Å². The smallest absolute Gasteiger partial charge is 0.405 e. The summed E-state index contributed by atoms with van der Waals surface area (Å²) in [5.74, 6) is 4.93. The second kappa shape index (κ2) is 11.9. The maximum absolute atomic E-state index is 13.2. The molecule has 12 heteroatoms. The number of carbonyl (C=O) groups excluding carboxylic acids is 1. The van der Waals surface area contributed by atoms with Crippen molar-refractivity contribution < 1.29 is 22.7 Å². The van der Waals surface area contributed by atoms with Gasteiger partial charge in [-0.1, -0.05) is 24.8 Å². The summed E-state index contributed by atoms with van der Waals surface area (Å²) in [5.41, 5.74) is 7.16. The van der Waals surface area contributed by atoms with Crippen molar-refractivity contribution in [2.75, 3.05) is 43.8 Å². The van der Waals surface area contributed by atoms with Crippen LogP contribution in [0.5, 0.6) is 5.75 Å². The first-order valence-corrected chi connectivity index (χ1v) is 11.9. The average molecular weight is 526 g/mol. The van der Waals surface area contributed by atoms with Crippen molar-refractivity contribution in [1.29, 1.82) is 0 Å². The third kappa shape index (κ3) is 7.64. The number of nitrogens with one attached hydrogen (secondary N) is 1. The molecule has 3 heterocycles. The van der Waals surface area contributed by atoms with Crippen LogP contribution in [0.2, 0.25) is 0 Å². The molecule has 1 aromatic carbocycles. The van der Waals surface area contributed by atoms with Crippen LogP contribution in [0.25, 0.3) is 0 Å². The van der Waals surface area contributed by atoms with E-state index in [0.29, 0.717) is 23.2 Å². The number of nitrogen functional groups attached to an aromatic ring is 1. The fourth-order valence-electron chi connectivity index (χ4n) is 3.87. The van der Waals surface area contributed by atoms with Crippen LogP contribution in [0.15, 0.2) is 49.1 Å². The van der Waals surface area contributed by atoms with Gasteiger partial charge in [-0.2, -0.15) is 0 Å². The van der Waals surface area contributed by atoms with Gasteiger partial charge in [0.1, 0.15) is 5.75 Å². The number of pyridine rings is 1. The van der Waals surface area contributed by atoms with Gasteiger partial charge in [-0.15, -0.1) is 13.2 Å². The molecular weight excluding hydrogens is 499 g/mol. The number of carbonyl (C=O) groups is 1. The van der Waals surface area contributed by atoms with Gasteiger partial charge < -0.3 is 20.7 Å². The maximum Gasteiger partial charge on any atom is 0.573 e. The lowest BCUT2D eigenvalue weighted by Crippen LogP contribution is -2.45. The summed E-state index contributed by atoms with van der Waals surface area (Å²) < 4.78 is 43.8. The molecule has 38 heavy (non-hydrogen) atoms. The van der Waals surface area contributed by atoms with Crippen LogP contribution in [0.1, 0.15) is 34.0 Å². The minimum atomic E-state index is -4.87. The molecule has 0 aliphatic carbocycles. The Hall–Kier alpha value is -4.21. The van der Waals surface area contributed by atoms with Crippen LogP contribution in [-0.4, -0.2) is 69.7 Å². The molecule has 2 aromatic heterocycles. The summed E-state index contributed by atoms with van der Waals surface area (Å²) in [7, 11) is 0. The Kier molecular flexibility index (Phi) is 8.40. The number of alkyl halides is 3. The summed E-state index contributed by atoms with van der Waals surface area (Å²) in [4.78, 5) is 28.9. The Balaban J connectivity index is 1.48. The van der Waals surface area contributed by atoms with E-state index in [1.165, 1.54) is 43.0 Å². The zero-order valence-corrected chi connectivity index (χ0v) is 20.6. The number of likely N-dealkylation sites (N-methyl/N-ethyl adjacent to an activating group) is 1. The first-order chi connectivity index (χ1) is 18.2. The van der Waals surface area contributed by atoms with E-state index in [0.717, 1.165) is 32.7 Å². The van der Waals surface area contributed by atoms with Crippen LogP contribution in [0, 0.1) is 11.8 Å². The van der Waals surface area contributed by atoms with E-state index in [4.69, 9.17) is 5.73 Å². The minimum Gasteiger partial charge on any atom is -0.405 e. The number of hydrogen-bond donors (Lipinski definition) is 2. The van der Waals surface area contributed by atoms with Crippen molar-refractivity contribution in [2.24, 2.45) is 0 Å². The highest BCUT2D eigenvalue weighted by molar-refractivity contribution is 6.04. The Bertz CT molecular complexity index is 1330. The molecule has 0 bridgehead atoms. The highest BCUT2D eigenvalue weighted by Crippen LogP contribution is 2.30. The molecule has 1 fully saturated rings. The van der Waals surface area contributed by atoms with Crippen LogP contribution in [0.4, 0.5) is 24.8 Å². The molecule has 3 aromatic rings. The van der Waals surface area contributed by atoms with Crippen molar-refractivity contribution in [2.45, 2.75) is 19.8 Å². The molecule has 1 amide bonds. The average Bonchev–Trinajstić information content (AvgIpc) is 2.89. The number of anilines is 2. The normalized spacial score (nSPS) is 14.4. The number of hydrogen-bond acceptors (Lipinski definition) is 8. The molecule has 0 atom stereocenters. The van der Waals surface area contributed by atoms with E-state index in [9.17, 15) is 18.0 Å². The molecule has 198 valence electrons. The second-order valence-corrected chi connectivity index (χ2v) is 8.58. The number of nitrogens with zero attached hydrogens (tertiary/aromatic N) is 5.